The maximum absolute atomic E-state index is 12.2. The van der Waals surface area contributed by atoms with E-state index in [0.29, 0.717) is 13.0 Å². The summed E-state index contributed by atoms with van der Waals surface area (Å²) < 4.78 is 5.71. The number of para-hydroxylation sites is 1. The van der Waals surface area contributed by atoms with Gasteiger partial charge in [-0.2, -0.15) is 0 Å². The summed E-state index contributed by atoms with van der Waals surface area (Å²) in [6.07, 6.45) is 3.63. The largest absolute Gasteiger partial charge is 0.493 e. The van der Waals surface area contributed by atoms with Crippen molar-refractivity contribution in [2.45, 2.75) is 38.6 Å². The number of amides is 1. The number of carbonyl (C=O) groups is 1. The third kappa shape index (κ3) is 3.92. The van der Waals surface area contributed by atoms with Gasteiger partial charge < -0.3 is 10.1 Å². The second-order valence-electron chi connectivity index (χ2n) is 6.08. The zero-order valence-corrected chi connectivity index (χ0v) is 13.5. The highest BCUT2D eigenvalue weighted by Gasteiger charge is 2.21. The molecule has 0 bridgehead atoms. The van der Waals surface area contributed by atoms with E-state index in [1.165, 1.54) is 11.1 Å². The van der Waals surface area contributed by atoms with Gasteiger partial charge >= 0.3 is 0 Å². The van der Waals surface area contributed by atoms with Crippen LogP contribution in [0.25, 0.3) is 0 Å². The zero-order valence-electron chi connectivity index (χ0n) is 13.5. The van der Waals surface area contributed by atoms with Crippen LogP contribution in [0.5, 0.6) is 5.75 Å². The molecule has 3 nitrogen and oxygen atoms in total. The molecule has 0 fully saturated rings. The Morgan fingerprint density at radius 3 is 2.83 bits per heavy atom. The number of rotatable bonds is 5. The molecular formula is C20H23NO2. The summed E-state index contributed by atoms with van der Waals surface area (Å²) in [6.45, 7) is 2.42. The molecule has 0 unspecified atom stereocenters. The molecule has 0 aliphatic heterocycles. The van der Waals surface area contributed by atoms with Crippen molar-refractivity contribution in [1.29, 1.82) is 0 Å². The molecule has 0 heterocycles. The Hall–Kier alpha value is -2.29. The molecule has 0 saturated heterocycles. The molecule has 1 atom stereocenters. The van der Waals surface area contributed by atoms with Crippen LogP contribution in [0, 0.1) is 6.92 Å². The van der Waals surface area contributed by atoms with Crippen LogP contribution in [-0.2, 0) is 11.2 Å². The van der Waals surface area contributed by atoms with Gasteiger partial charge in [0, 0.05) is 0 Å². The SMILES string of the molecule is Cc1ccccc1OCCC(=O)N[C@H]1CCCc2ccccc21. The fourth-order valence-electron chi connectivity index (χ4n) is 3.14. The fraction of sp³-hybridized carbons (Fsp3) is 0.350. The molecule has 120 valence electrons. The van der Waals surface area contributed by atoms with Crippen molar-refractivity contribution in [1.82, 2.24) is 5.32 Å². The fourth-order valence-corrected chi connectivity index (χ4v) is 3.14. The second-order valence-corrected chi connectivity index (χ2v) is 6.08. The average molecular weight is 309 g/mol. The van der Waals surface area contributed by atoms with E-state index < -0.39 is 0 Å². The molecule has 0 radical (unpaired) electrons. The highest BCUT2D eigenvalue weighted by Crippen LogP contribution is 2.29. The Bertz CT molecular complexity index is 681. The van der Waals surface area contributed by atoms with Crippen molar-refractivity contribution in [3.05, 3.63) is 65.2 Å². The van der Waals surface area contributed by atoms with Crippen LogP contribution in [0.15, 0.2) is 48.5 Å². The molecule has 0 saturated carbocycles. The molecule has 1 amide bonds. The third-order valence-corrected chi connectivity index (χ3v) is 4.38. The second kappa shape index (κ2) is 7.32. The van der Waals surface area contributed by atoms with Gasteiger partial charge in [-0.25, -0.2) is 0 Å². The number of benzene rings is 2. The molecule has 2 aromatic carbocycles. The minimum Gasteiger partial charge on any atom is -0.493 e. The predicted molar refractivity (Wildman–Crippen MR) is 91.6 cm³/mol. The summed E-state index contributed by atoms with van der Waals surface area (Å²) in [5.74, 6) is 0.906. The molecule has 1 aliphatic carbocycles. The highest BCUT2D eigenvalue weighted by molar-refractivity contribution is 5.76. The molecule has 0 aromatic heterocycles. The minimum absolute atomic E-state index is 0.0558. The smallest absolute Gasteiger partial charge is 0.223 e. The lowest BCUT2D eigenvalue weighted by molar-refractivity contribution is -0.122. The lowest BCUT2D eigenvalue weighted by atomic mass is 9.88. The Morgan fingerprint density at radius 1 is 1.17 bits per heavy atom. The van der Waals surface area contributed by atoms with Crippen LogP contribution in [0.3, 0.4) is 0 Å². The van der Waals surface area contributed by atoms with Gasteiger partial charge in [0.05, 0.1) is 19.1 Å². The third-order valence-electron chi connectivity index (χ3n) is 4.38. The normalized spacial score (nSPS) is 16.5. The first-order valence-electron chi connectivity index (χ1n) is 8.29. The lowest BCUT2D eigenvalue weighted by Crippen LogP contribution is -2.31. The molecule has 3 heteroatoms. The maximum Gasteiger partial charge on any atom is 0.223 e. The maximum atomic E-state index is 12.2. The van der Waals surface area contributed by atoms with Gasteiger partial charge in [0.2, 0.25) is 5.91 Å². The van der Waals surface area contributed by atoms with Crippen molar-refractivity contribution in [3.63, 3.8) is 0 Å². The minimum atomic E-state index is 0.0558. The van der Waals surface area contributed by atoms with Gasteiger partial charge in [-0.3, -0.25) is 4.79 Å². The van der Waals surface area contributed by atoms with Gasteiger partial charge in [0.25, 0.3) is 0 Å². The molecule has 1 aliphatic rings. The summed E-state index contributed by atoms with van der Waals surface area (Å²) in [5, 5.41) is 3.16. The van der Waals surface area contributed by atoms with Gasteiger partial charge in [-0.1, -0.05) is 42.5 Å². The Balaban J connectivity index is 1.52. The first-order valence-corrected chi connectivity index (χ1v) is 8.29. The number of hydrogen-bond donors (Lipinski definition) is 1. The van der Waals surface area contributed by atoms with Crippen LogP contribution in [0.2, 0.25) is 0 Å². The van der Waals surface area contributed by atoms with E-state index in [0.717, 1.165) is 30.6 Å². The number of fused-ring (bicyclic) bond motifs is 1. The molecular weight excluding hydrogens is 286 g/mol. The van der Waals surface area contributed by atoms with Gasteiger partial charge in [0.1, 0.15) is 5.75 Å². The summed E-state index contributed by atoms with van der Waals surface area (Å²) >= 11 is 0. The van der Waals surface area contributed by atoms with Gasteiger partial charge in [0.15, 0.2) is 0 Å². The summed E-state index contributed by atoms with van der Waals surface area (Å²) in [6, 6.07) is 16.4. The number of carbonyl (C=O) groups excluding carboxylic acids is 1. The van der Waals surface area contributed by atoms with E-state index >= 15 is 0 Å². The Morgan fingerprint density at radius 2 is 1.96 bits per heavy atom. The topological polar surface area (TPSA) is 38.3 Å². The van der Waals surface area contributed by atoms with E-state index in [-0.39, 0.29) is 11.9 Å². The van der Waals surface area contributed by atoms with E-state index in [9.17, 15) is 4.79 Å². The van der Waals surface area contributed by atoms with E-state index in [1.807, 2.05) is 37.3 Å². The first-order chi connectivity index (χ1) is 11.2. The van der Waals surface area contributed by atoms with Crippen molar-refractivity contribution >= 4 is 5.91 Å². The van der Waals surface area contributed by atoms with E-state index in [2.05, 4.69) is 23.5 Å². The number of hydrogen-bond acceptors (Lipinski definition) is 2. The van der Waals surface area contributed by atoms with Crippen LogP contribution in [0.1, 0.15) is 42.0 Å². The lowest BCUT2D eigenvalue weighted by Gasteiger charge is -2.26. The van der Waals surface area contributed by atoms with Gasteiger partial charge in [-0.05, 0) is 48.9 Å². The molecule has 1 N–H and O–H groups in total. The predicted octanol–water partition coefficient (Wildman–Crippen LogP) is 3.96. The van der Waals surface area contributed by atoms with Crippen LogP contribution in [-0.4, -0.2) is 12.5 Å². The van der Waals surface area contributed by atoms with Gasteiger partial charge in [-0.15, -0.1) is 0 Å². The van der Waals surface area contributed by atoms with Crippen molar-refractivity contribution in [2.75, 3.05) is 6.61 Å². The Kier molecular flexibility index (Phi) is 4.96. The quantitative estimate of drug-likeness (QED) is 0.908. The zero-order chi connectivity index (χ0) is 16.1. The van der Waals surface area contributed by atoms with Crippen molar-refractivity contribution < 1.29 is 9.53 Å². The van der Waals surface area contributed by atoms with E-state index in [1.54, 1.807) is 0 Å². The van der Waals surface area contributed by atoms with Crippen molar-refractivity contribution in [3.8, 4) is 5.75 Å². The van der Waals surface area contributed by atoms with E-state index in [4.69, 9.17) is 4.74 Å². The number of ether oxygens (including phenoxy) is 1. The first kappa shape index (κ1) is 15.6. The number of nitrogens with one attached hydrogen (secondary N) is 1. The standard InChI is InChI=1S/C20H23NO2/c1-15-7-2-5-12-19(15)23-14-13-20(22)21-18-11-6-9-16-8-3-4-10-17(16)18/h2-5,7-8,10,12,18H,6,9,11,13-14H2,1H3,(H,21,22)/t18-/m0/s1. The summed E-state index contributed by atoms with van der Waals surface area (Å²) in [5.41, 5.74) is 3.72. The monoisotopic (exact) mass is 309 g/mol. The highest BCUT2D eigenvalue weighted by atomic mass is 16.5. The summed E-state index contributed by atoms with van der Waals surface area (Å²) in [7, 11) is 0. The molecule has 3 rings (SSSR count). The molecule has 23 heavy (non-hydrogen) atoms. The van der Waals surface area contributed by atoms with Crippen LogP contribution >= 0.6 is 0 Å². The van der Waals surface area contributed by atoms with Crippen molar-refractivity contribution in [2.24, 2.45) is 0 Å². The number of aryl methyl sites for hydroxylation is 2. The summed E-state index contributed by atoms with van der Waals surface area (Å²) in [4.78, 5) is 12.2. The molecule has 2 aromatic rings. The van der Waals surface area contributed by atoms with Crippen LogP contribution < -0.4 is 10.1 Å². The van der Waals surface area contributed by atoms with Crippen LogP contribution in [0.4, 0.5) is 0 Å². The molecule has 0 spiro atoms. The average Bonchev–Trinajstić information content (AvgIpc) is 2.57. The Labute approximate surface area is 137 Å².